The van der Waals surface area contributed by atoms with E-state index in [1.54, 1.807) is 16.9 Å². The SMILES string of the molecule is Cc1nn2cc(Cl)cnc2c1N. The van der Waals surface area contributed by atoms with Gasteiger partial charge in [0.15, 0.2) is 5.65 Å². The number of hydrogen-bond donors (Lipinski definition) is 1. The van der Waals surface area contributed by atoms with Crippen molar-refractivity contribution < 1.29 is 0 Å². The number of halogens is 1. The molecule has 2 aromatic rings. The fourth-order valence-electron chi connectivity index (χ4n) is 1.04. The van der Waals surface area contributed by atoms with Crippen LogP contribution in [0.4, 0.5) is 5.69 Å². The molecule has 12 heavy (non-hydrogen) atoms. The van der Waals surface area contributed by atoms with E-state index in [2.05, 4.69) is 10.1 Å². The first-order valence-corrected chi connectivity index (χ1v) is 3.82. The first kappa shape index (κ1) is 7.36. The van der Waals surface area contributed by atoms with Crippen LogP contribution in [0.1, 0.15) is 5.69 Å². The summed E-state index contributed by atoms with van der Waals surface area (Å²) in [7, 11) is 0. The van der Waals surface area contributed by atoms with E-state index >= 15 is 0 Å². The topological polar surface area (TPSA) is 56.2 Å². The van der Waals surface area contributed by atoms with Crippen molar-refractivity contribution in [1.82, 2.24) is 14.6 Å². The predicted octanol–water partition coefficient (Wildman–Crippen LogP) is 1.27. The van der Waals surface area contributed by atoms with Gasteiger partial charge in [-0.15, -0.1) is 0 Å². The number of hydrogen-bond acceptors (Lipinski definition) is 3. The molecule has 0 spiro atoms. The molecule has 0 amide bonds. The van der Waals surface area contributed by atoms with Crippen LogP contribution in [0.2, 0.25) is 5.02 Å². The maximum Gasteiger partial charge on any atom is 0.178 e. The molecule has 0 atom stereocenters. The van der Waals surface area contributed by atoms with Crippen molar-refractivity contribution in [3.8, 4) is 0 Å². The van der Waals surface area contributed by atoms with Crippen LogP contribution >= 0.6 is 11.6 Å². The van der Waals surface area contributed by atoms with Crippen LogP contribution in [0.3, 0.4) is 0 Å². The Kier molecular flexibility index (Phi) is 1.44. The number of nitrogens with two attached hydrogens (primary N) is 1. The molecule has 0 saturated carbocycles. The van der Waals surface area contributed by atoms with Crippen LogP contribution in [-0.4, -0.2) is 14.6 Å². The zero-order chi connectivity index (χ0) is 8.72. The van der Waals surface area contributed by atoms with E-state index < -0.39 is 0 Å². The van der Waals surface area contributed by atoms with E-state index in [0.717, 1.165) is 5.69 Å². The van der Waals surface area contributed by atoms with E-state index in [1.165, 1.54) is 0 Å². The summed E-state index contributed by atoms with van der Waals surface area (Å²) in [6.45, 7) is 1.83. The van der Waals surface area contributed by atoms with Gasteiger partial charge in [-0.3, -0.25) is 0 Å². The Bertz CT molecular complexity index is 434. The lowest BCUT2D eigenvalue weighted by atomic mass is 10.4. The molecule has 0 fully saturated rings. The highest BCUT2D eigenvalue weighted by molar-refractivity contribution is 6.30. The van der Waals surface area contributed by atoms with Crippen LogP contribution in [-0.2, 0) is 0 Å². The fourth-order valence-corrected chi connectivity index (χ4v) is 1.18. The van der Waals surface area contributed by atoms with Crippen molar-refractivity contribution in [2.24, 2.45) is 0 Å². The van der Waals surface area contributed by atoms with Gasteiger partial charge in [-0.2, -0.15) is 5.10 Å². The molecule has 0 aromatic carbocycles. The van der Waals surface area contributed by atoms with Crippen molar-refractivity contribution in [1.29, 1.82) is 0 Å². The van der Waals surface area contributed by atoms with Crippen molar-refractivity contribution in [2.75, 3.05) is 5.73 Å². The normalized spacial score (nSPS) is 10.8. The number of aryl methyl sites for hydroxylation is 1. The molecule has 2 rings (SSSR count). The van der Waals surface area contributed by atoms with E-state index in [0.29, 0.717) is 16.4 Å². The molecule has 0 unspecified atom stereocenters. The Labute approximate surface area is 74.0 Å². The molecule has 0 aliphatic carbocycles. The van der Waals surface area contributed by atoms with E-state index in [9.17, 15) is 0 Å². The van der Waals surface area contributed by atoms with Gasteiger partial charge < -0.3 is 5.73 Å². The zero-order valence-corrected chi connectivity index (χ0v) is 7.21. The summed E-state index contributed by atoms with van der Waals surface area (Å²) < 4.78 is 1.58. The minimum Gasteiger partial charge on any atom is -0.394 e. The number of nitrogen functional groups attached to an aromatic ring is 1. The minimum atomic E-state index is 0.546. The van der Waals surface area contributed by atoms with Gasteiger partial charge >= 0.3 is 0 Å². The Hall–Kier alpha value is -1.29. The van der Waals surface area contributed by atoms with Gasteiger partial charge in [0.25, 0.3) is 0 Å². The van der Waals surface area contributed by atoms with Crippen LogP contribution < -0.4 is 5.73 Å². The Morgan fingerprint density at radius 3 is 3.08 bits per heavy atom. The van der Waals surface area contributed by atoms with Crippen molar-refractivity contribution in [3.05, 3.63) is 23.1 Å². The van der Waals surface area contributed by atoms with Gasteiger partial charge in [0.05, 0.1) is 16.9 Å². The summed E-state index contributed by atoms with van der Waals surface area (Å²) in [5.41, 5.74) is 7.72. The van der Waals surface area contributed by atoms with E-state index in [4.69, 9.17) is 17.3 Å². The van der Waals surface area contributed by atoms with Gasteiger partial charge in [-0.25, -0.2) is 9.50 Å². The Morgan fingerprint density at radius 2 is 2.33 bits per heavy atom. The molecule has 0 aliphatic heterocycles. The molecule has 4 nitrogen and oxygen atoms in total. The summed E-state index contributed by atoms with van der Waals surface area (Å²) in [4.78, 5) is 4.04. The number of aromatic nitrogens is 3. The highest BCUT2D eigenvalue weighted by atomic mass is 35.5. The molecule has 2 N–H and O–H groups in total. The number of nitrogens with zero attached hydrogens (tertiary/aromatic N) is 3. The lowest BCUT2D eigenvalue weighted by Crippen LogP contribution is -1.90. The highest BCUT2D eigenvalue weighted by Gasteiger charge is 2.05. The van der Waals surface area contributed by atoms with Gasteiger partial charge in [0.2, 0.25) is 0 Å². The second kappa shape index (κ2) is 2.35. The second-order valence-corrected chi connectivity index (χ2v) is 2.98. The molecule has 2 heterocycles. The summed E-state index contributed by atoms with van der Waals surface area (Å²) in [6.07, 6.45) is 3.22. The van der Waals surface area contributed by atoms with E-state index in [1.807, 2.05) is 6.92 Å². The molecule has 0 saturated heterocycles. The first-order valence-electron chi connectivity index (χ1n) is 3.44. The molecule has 62 valence electrons. The van der Waals surface area contributed by atoms with Gasteiger partial charge in [-0.05, 0) is 6.92 Å². The third-order valence-electron chi connectivity index (χ3n) is 1.66. The van der Waals surface area contributed by atoms with Crippen molar-refractivity contribution >= 4 is 22.9 Å². The summed E-state index contributed by atoms with van der Waals surface area (Å²) in [6, 6.07) is 0. The third-order valence-corrected chi connectivity index (χ3v) is 1.86. The lowest BCUT2D eigenvalue weighted by molar-refractivity contribution is 0.917. The molecule has 0 bridgehead atoms. The zero-order valence-electron chi connectivity index (χ0n) is 6.45. The quantitative estimate of drug-likeness (QED) is 0.668. The maximum atomic E-state index is 5.72. The maximum absolute atomic E-state index is 5.72. The smallest absolute Gasteiger partial charge is 0.178 e. The van der Waals surface area contributed by atoms with E-state index in [-0.39, 0.29) is 0 Å². The average molecular weight is 183 g/mol. The van der Waals surface area contributed by atoms with Crippen LogP contribution in [0.15, 0.2) is 12.4 Å². The summed E-state index contributed by atoms with van der Waals surface area (Å²) in [5.74, 6) is 0. The Morgan fingerprint density at radius 1 is 1.58 bits per heavy atom. The second-order valence-electron chi connectivity index (χ2n) is 2.54. The van der Waals surface area contributed by atoms with Gasteiger partial charge in [0, 0.05) is 6.20 Å². The predicted molar refractivity (Wildman–Crippen MR) is 47.1 cm³/mol. The van der Waals surface area contributed by atoms with Crippen LogP contribution in [0, 0.1) is 6.92 Å². The minimum absolute atomic E-state index is 0.546. The third kappa shape index (κ3) is 0.921. The molecule has 2 aromatic heterocycles. The first-order chi connectivity index (χ1) is 5.68. The van der Waals surface area contributed by atoms with Crippen LogP contribution in [0.25, 0.3) is 5.65 Å². The number of fused-ring (bicyclic) bond motifs is 1. The van der Waals surface area contributed by atoms with Crippen molar-refractivity contribution in [3.63, 3.8) is 0 Å². The number of rotatable bonds is 0. The average Bonchev–Trinajstić information content (AvgIpc) is 2.28. The van der Waals surface area contributed by atoms with Crippen LogP contribution in [0.5, 0.6) is 0 Å². The van der Waals surface area contributed by atoms with Gasteiger partial charge in [0.1, 0.15) is 5.69 Å². The lowest BCUT2D eigenvalue weighted by Gasteiger charge is -1.92. The fraction of sp³-hybridized carbons (Fsp3) is 0.143. The summed E-state index contributed by atoms with van der Waals surface area (Å²) >= 11 is 5.72. The molecular formula is C7H7ClN4. The Balaban J connectivity index is 2.87. The molecule has 0 aliphatic rings. The standard InChI is InChI=1S/C7H7ClN4/c1-4-6(9)7-10-2-5(8)3-12(7)11-4/h2-3H,9H2,1H3. The number of anilines is 1. The monoisotopic (exact) mass is 182 g/mol. The largest absolute Gasteiger partial charge is 0.394 e. The molecule has 0 radical (unpaired) electrons. The van der Waals surface area contributed by atoms with Crippen molar-refractivity contribution in [2.45, 2.75) is 6.92 Å². The summed E-state index contributed by atoms with van der Waals surface area (Å²) in [5, 5.41) is 4.66. The molecule has 5 heteroatoms. The highest BCUT2D eigenvalue weighted by Crippen LogP contribution is 2.16. The van der Waals surface area contributed by atoms with Gasteiger partial charge in [-0.1, -0.05) is 11.6 Å². The molecular weight excluding hydrogens is 176 g/mol.